The molecule has 2 saturated heterocycles. The number of hydrogen-bond acceptors (Lipinski definition) is 3. The molecule has 1 saturated carbocycles. The van der Waals surface area contributed by atoms with Gasteiger partial charge in [0.2, 0.25) is 0 Å². The molecular weight excluding hydrogens is 236 g/mol. The minimum Gasteiger partial charge on any atom is -0.375 e. The van der Waals surface area contributed by atoms with E-state index >= 15 is 0 Å². The Hall–Kier alpha value is -0.120. The van der Waals surface area contributed by atoms with Gasteiger partial charge in [0.1, 0.15) is 0 Å². The monoisotopic (exact) mass is 266 g/mol. The highest BCUT2D eigenvalue weighted by molar-refractivity contribution is 4.96. The second kappa shape index (κ2) is 6.11. The third-order valence-corrected chi connectivity index (χ3v) is 5.70. The van der Waals surface area contributed by atoms with Crippen LogP contribution in [0, 0.1) is 5.92 Å². The predicted octanol–water partition coefficient (Wildman–Crippen LogP) is 2.41. The summed E-state index contributed by atoms with van der Waals surface area (Å²) in [5.41, 5.74) is 0.298. The van der Waals surface area contributed by atoms with Gasteiger partial charge in [0.05, 0.1) is 5.60 Å². The molecule has 3 rings (SSSR count). The lowest BCUT2D eigenvalue weighted by Crippen LogP contribution is -2.51. The molecule has 1 aliphatic carbocycles. The maximum Gasteiger partial charge on any atom is 0.0697 e. The Balaban J connectivity index is 1.42. The molecule has 110 valence electrons. The SMILES string of the molecule is CN(CCC1CCNCC1)C1CCOC2(CCC2)C1. The predicted molar refractivity (Wildman–Crippen MR) is 78.4 cm³/mol. The highest BCUT2D eigenvalue weighted by Gasteiger charge is 2.43. The summed E-state index contributed by atoms with van der Waals surface area (Å²) in [5.74, 6) is 0.959. The third kappa shape index (κ3) is 3.32. The van der Waals surface area contributed by atoms with Crippen molar-refractivity contribution >= 4 is 0 Å². The van der Waals surface area contributed by atoms with Crippen molar-refractivity contribution in [2.24, 2.45) is 5.92 Å². The van der Waals surface area contributed by atoms with E-state index < -0.39 is 0 Å². The number of ether oxygens (including phenoxy) is 1. The van der Waals surface area contributed by atoms with E-state index in [1.807, 2.05) is 0 Å². The Morgan fingerprint density at radius 3 is 2.68 bits per heavy atom. The van der Waals surface area contributed by atoms with E-state index in [9.17, 15) is 0 Å². The van der Waals surface area contributed by atoms with Crippen LogP contribution in [-0.4, -0.2) is 49.8 Å². The van der Waals surface area contributed by atoms with Crippen LogP contribution in [0.15, 0.2) is 0 Å². The van der Waals surface area contributed by atoms with Crippen LogP contribution in [0.25, 0.3) is 0 Å². The summed E-state index contributed by atoms with van der Waals surface area (Å²) in [6, 6.07) is 0.774. The molecule has 3 aliphatic rings. The van der Waals surface area contributed by atoms with Gasteiger partial charge in [-0.15, -0.1) is 0 Å². The Bertz CT molecular complexity index is 284. The summed E-state index contributed by atoms with van der Waals surface area (Å²) >= 11 is 0. The lowest BCUT2D eigenvalue weighted by Gasteiger charge is -2.49. The molecule has 0 bridgehead atoms. The molecule has 0 aromatic rings. The van der Waals surface area contributed by atoms with Gasteiger partial charge in [-0.1, -0.05) is 0 Å². The Morgan fingerprint density at radius 1 is 1.21 bits per heavy atom. The zero-order valence-corrected chi connectivity index (χ0v) is 12.5. The maximum atomic E-state index is 6.04. The Labute approximate surface area is 118 Å². The first-order chi connectivity index (χ1) is 9.27. The molecule has 19 heavy (non-hydrogen) atoms. The highest BCUT2D eigenvalue weighted by Crippen LogP contribution is 2.43. The van der Waals surface area contributed by atoms with Gasteiger partial charge in [-0.05, 0) is 84.0 Å². The van der Waals surface area contributed by atoms with E-state index in [4.69, 9.17) is 4.74 Å². The molecule has 0 amide bonds. The molecule has 0 aromatic heterocycles. The molecule has 0 radical (unpaired) electrons. The molecule has 1 atom stereocenters. The van der Waals surface area contributed by atoms with Gasteiger partial charge in [0.25, 0.3) is 0 Å². The van der Waals surface area contributed by atoms with Crippen LogP contribution in [0.1, 0.15) is 51.4 Å². The first-order valence-corrected chi connectivity index (χ1v) is 8.32. The zero-order valence-electron chi connectivity index (χ0n) is 12.5. The molecule has 1 N–H and O–H groups in total. The number of hydrogen-bond donors (Lipinski definition) is 1. The van der Waals surface area contributed by atoms with E-state index in [1.165, 1.54) is 71.0 Å². The average molecular weight is 266 g/mol. The van der Waals surface area contributed by atoms with Crippen molar-refractivity contribution in [1.29, 1.82) is 0 Å². The summed E-state index contributed by atoms with van der Waals surface area (Å²) in [5, 5.41) is 3.46. The van der Waals surface area contributed by atoms with Crippen molar-refractivity contribution in [3.8, 4) is 0 Å². The van der Waals surface area contributed by atoms with Crippen LogP contribution >= 0.6 is 0 Å². The van der Waals surface area contributed by atoms with Crippen LogP contribution in [0.4, 0.5) is 0 Å². The summed E-state index contributed by atoms with van der Waals surface area (Å²) in [7, 11) is 2.34. The second-order valence-corrected chi connectivity index (χ2v) is 6.99. The third-order valence-electron chi connectivity index (χ3n) is 5.70. The molecule has 3 nitrogen and oxygen atoms in total. The fourth-order valence-electron chi connectivity index (χ4n) is 4.04. The Morgan fingerprint density at radius 2 is 2.00 bits per heavy atom. The smallest absolute Gasteiger partial charge is 0.0697 e. The van der Waals surface area contributed by atoms with Crippen molar-refractivity contribution in [1.82, 2.24) is 10.2 Å². The van der Waals surface area contributed by atoms with Crippen LogP contribution in [0.3, 0.4) is 0 Å². The van der Waals surface area contributed by atoms with Gasteiger partial charge in [0.15, 0.2) is 0 Å². The van der Waals surface area contributed by atoms with Gasteiger partial charge in [-0.3, -0.25) is 0 Å². The van der Waals surface area contributed by atoms with Crippen LogP contribution < -0.4 is 5.32 Å². The molecule has 1 spiro atoms. The summed E-state index contributed by atoms with van der Waals surface area (Å²) in [6.07, 6.45) is 10.7. The van der Waals surface area contributed by atoms with Crippen LogP contribution in [0.5, 0.6) is 0 Å². The van der Waals surface area contributed by atoms with Crippen LogP contribution in [-0.2, 0) is 4.74 Å². The van der Waals surface area contributed by atoms with E-state index in [1.54, 1.807) is 0 Å². The molecule has 3 fully saturated rings. The number of rotatable bonds is 4. The maximum absolute atomic E-state index is 6.04. The molecule has 0 aromatic carbocycles. The van der Waals surface area contributed by atoms with Gasteiger partial charge < -0.3 is 15.0 Å². The van der Waals surface area contributed by atoms with Crippen molar-refractivity contribution in [3.63, 3.8) is 0 Å². The lowest BCUT2D eigenvalue weighted by molar-refractivity contribution is -0.146. The molecule has 2 heterocycles. The summed E-state index contributed by atoms with van der Waals surface area (Å²) in [4.78, 5) is 2.63. The molecule has 3 heteroatoms. The zero-order chi connectivity index (χ0) is 13.1. The van der Waals surface area contributed by atoms with Gasteiger partial charge >= 0.3 is 0 Å². The van der Waals surface area contributed by atoms with E-state index in [2.05, 4.69) is 17.3 Å². The van der Waals surface area contributed by atoms with Gasteiger partial charge in [-0.2, -0.15) is 0 Å². The van der Waals surface area contributed by atoms with Crippen molar-refractivity contribution < 1.29 is 4.74 Å². The van der Waals surface area contributed by atoms with E-state index in [0.29, 0.717) is 5.60 Å². The van der Waals surface area contributed by atoms with Gasteiger partial charge in [0, 0.05) is 12.6 Å². The van der Waals surface area contributed by atoms with Crippen molar-refractivity contribution in [2.45, 2.75) is 63.0 Å². The quantitative estimate of drug-likeness (QED) is 0.846. The minimum atomic E-state index is 0.298. The summed E-state index contributed by atoms with van der Waals surface area (Å²) < 4.78 is 6.04. The fourth-order valence-corrected chi connectivity index (χ4v) is 4.04. The lowest BCUT2D eigenvalue weighted by atomic mass is 9.73. The molecule has 2 aliphatic heterocycles. The second-order valence-electron chi connectivity index (χ2n) is 6.99. The van der Waals surface area contributed by atoms with E-state index in [-0.39, 0.29) is 0 Å². The summed E-state index contributed by atoms with van der Waals surface area (Å²) in [6.45, 7) is 4.73. The highest BCUT2D eigenvalue weighted by atomic mass is 16.5. The first-order valence-electron chi connectivity index (χ1n) is 8.32. The molecular formula is C16H30N2O. The topological polar surface area (TPSA) is 24.5 Å². The molecule has 1 unspecified atom stereocenters. The van der Waals surface area contributed by atoms with Crippen molar-refractivity contribution in [2.75, 3.05) is 33.3 Å². The average Bonchev–Trinajstić information content (AvgIpc) is 2.44. The van der Waals surface area contributed by atoms with Gasteiger partial charge in [-0.25, -0.2) is 0 Å². The number of nitrogens with zero attached hydrogens (tertiary/aromatic N) is 1. The number of nitrogens with one attached hydrogen (secondary N) is 1. The van der Waals surface area contributed by atoms with E-state index in [0.717, 1.165) is 18.6 Å². The largest absolute Gasteiger partial charge is 0.375 e. The Kier molecular flexibility index (Phi) is 4.45. The normalized spacial score (nSPS) is 31.6. The van der Waals surface area contributed by atoms with Crippen LogP contribution in [0.2, 0.25) is 0 Å². The first kappa shape index (κ1) is 13.8. The van der Waals surface area contributed by atoms with Crippen molar-refractivity contribution in [3.05, 3.63) is 0 Å². The minimum absolute atomic E-state index is 0.298. The fraction of sp³-hybridized carbons (Fsp3) is 1.00. The standard InChI is InChI=1S/C16H30N2O/c1-18(11-5-14-3-9-17-10-4-14)15-6-12-19-16(13-15)7-2-8-16/h14-15,17H,2-13H2,1H3. The number of piperidine rings is 1.